The van der Waals surface area contributed by atoms with E-state index in [0.29, 0.717) is 24.8 Å². The van der Waals surface area contributed by atoms with Crippen LogP contribution in [-0.4, -0.2) is 41.0 Å². The normalized spacial score (nSPS) is 17.8. The van der Waals surface area contributed by atoms with Gasteiger partial charge >= 0.3 is 5.97 Å². The van der Waals surface area contributed by atoms with Crippen LogP contribution < -0.4 is 5.32 Å². The smallest absolute Gasteiger partial charge is 0.320 e. The van der Waals surface area contributed by atoms with Crippen molar-refractivity contribution in [3.8, 4) is 0 Å². The van der Waals surface area contributed by atoms with Crippen LogP contribution >= 0.6 is 12.4 Å². The standard InChI is InChI=1S/C20H30N2O3.ClH/c1-13(2)15-8-7-9-16(14(3)4)19(15)21-18(23)12-22-11-6-5-10-17(22)20(24)25;/h7-9,13-14,17H,5-6,10-12H2,1-4H3,(H,21,23)(H,24,25);1H. The number of rotatable bonds is 6. The van der Waals surface area contributed by atoms with E-state index in [1.54, 1.807) is 4.90 Å². The molecule has 0 aliphatic carbocycles. The van der Waals surface area contributed by atoms with Gasteiger partial charge < -0.3 is 10.4 Å². The van der Waals surface area contributed by atoms with Gasteiger partial charge in [-0.15, -0.1) is 12.4 Å². The summed E-state index contributed by atoms with van der Waals surface area (Å²) in [6.45, 7) is 9.23. The zero-order chi connectivity index (χ0) is 18.6. The quantitative estimate of drug-likeness (QED) is 0.772. The Kier molecular flexibility index (Phi) is 8.57. The molecule has 1 aliphatic heterocycles. The number of halogens is 1. The molecule has 1 saturated heterocycles. The maximum Gasteiger partial charge on any atom is 0.320 e. The first kappa shape index (κ1) is 22.5. The molecule has 1 unspecified atom stereocenters. The van der Waals surface area contributed by atoms with Crippen LogP contribution in [0.1, 0.15) is 69.9 Å². The molecule has 5 nitrogen and oxygen atoms in total. The van der Waals surface area contributed by atoms with Crippen LogP contribution in [0.4, 0.5) is 5.69 Å². The van der Waals surface area contributed by atoms with Crippen molar-refractivity contribution < 1.29 is 14.7 Å². The predicted octanol–water partition coefficient (Wildman–Crippen LogP) is 4.23. The molecule has 1 aromatic rings. The van der Waals surface area contributed by atoms with Crippen LogP contribution in [0, 0.1) is 0 Å². The van der Waals surface area contributed by atoms with E-state index >= 15 is 0 Å². The van der Waals surface area contributed by atoms with Gasteiger partial charge in [0.15, 0.2) is 0 Å². The van der Waals surface area contributed by atoms with E-state index in [4.69, 9.17) is 0 Å². The number of nitrogens with one attached hydrogen (secondary N) is 1. The van der Waals surface area contributed by atoms with E-state index in [1.165, 1.54) is 0 Å². The van der Waals surface area contributed by atoms with Gasteiger partial charge in [-0.05, 0) is 42.3 Å². The number of hydrogen-bond donors (Lipinski definition) is 2. The van der Waals surface area contributed by atoms with Crippen molar-refractivity contribution in [2.75, 3.05) is 18.4 Å². The zero-order valence-electron chi connectivity index (χ0n) is 16.1. The number of carbonyl (C=O) groups is 2. The van der Waals surface area contributed by atoms with E-state index in [9.17, 15) is 14.7 Å². The summed E-state index contributed by atoms with van der Waals surface area (Å²) in [7, 11) is 0. The Balaban J connectivity index is 0.00000338. The average Bonchev–Trinajstić information content (AvgIpc) is 2.54. The number of aliphatic carboxylic acids is 1. The van der Waals surface area contributed by atoms with Gasteiger partial charge in [0.25, 0.3) is 0 Å². The molecule has 1 aliphatic rings. The van der Waals surface area contributed by atoms with Crippen molar-refractivity contribution in [1.29, 1.82) is 0 Å². The summed E-state index contributed by atoms with van der Waals surface area (Å²) in [5.74, 6) is -0.368. The molecule has 1 heterocycles. The highest BCUT2D eigenvalue weighted by Gasteiger charge is 2.30. The fourth-order valence-electron chi connectivity index (χ4n) is 3.52. The van der Waals surface area contributed by atoms with Crippen molar-refractivity contribution >= 4 is 30.0 Å². The summed E-state index contributed by atoms with van der Waals surface area (Å²) < 4.78 is 0. The third kappa shape index (κ3) is 5.45. The molecule has 146 valence electrons. The lowest BCUT2D eigenvalue weighted by atomic mass is 9.92. The molecule has 2 rings (SSSR count). The third-order valence-electron chi connectivity index (χ3n) is 4.88. The Labute approximate surface area is 162 Å². The second-order valence-corrected chi connectivity index (χ2v) is 7.49. The van der Waals surface area contributed by atoms with E-state index in [-0.39, 0.29) is 24.9 Å². The van der Waals surface area contributed by atoms with Gasteiger partial charge in [0.2, 0.25) is 5.91 Å². The second kappa shape index (κ2) is 9.93. The van der Waals surface area contributed by atoms with Gasteiger partial charge in [0.1, 0.15) is 6.04 Å². The van der Waals surface area contributed by atoms with Crippen LogP contribution in [0.5, 0.6) is 0 Å². The molecule has 2 N–H and O–H groups in total. The number of benzene rings is 1. The topological polar surface area (TPSA) is 69.6 Å². The number of amides is 1. The van der Waals surface area contributed by atoms with Gasteiger partial charge in [-0.2, -0.15) is 0 Å². The highest BCUT2D eigenvalue weighted by atomic mass is 35.5. The van der Waals surface area contributed by atoms with Gasteiger partial charge in [-0.1, -0.05) is 52.3 Å². The number of piperidine rings is 1. The molecule has 0 bridgehead atoms. The molecule has 0 aromatic heterocycles. The maximum absolute atomic E-state index is 12.7. The highest BCUT2D eigenvalue weighted by molar-refractivity contribution is 5.94. The fraction of sp³-hybridized carbons (Fsp3) is 0.600. The van der Waals surface area contributed by atoms with E-state index < -0.39 is 12.0 Å². The fourth-order valence-corrected chi connectivity index (χ4v) is 3.52. The monoisotopic (exact) mass is 382 g/mol. The molecule has 1 aromatic carbocycles. The summed E-state index contributed by atoms with van der Waals surface area (Å²) in [6.07, 6.45) is 2.46. The van der Waals surface area contributed by atoms with Crippen LogP contribution in [-0.2, 0) is 9.59 Å². The lowest BCUT2D eigenvalue weighted by Crippen LogP contribution is -2.47. The number of nitrogens with zero attached hydrogens (tertiary/aromatic N) is 1. The SMILES string of the molecule is CC(C)c1cccc(C(C)C)c1NC(=O)CN1CCCCC1C(=O)O.Cl. The number of hydrogen-bond acceptors (Lipinski definition) is 3. The minimum Gasteiger partial charge on any atom is -0.480 e. The minimum absolute atomic E-state index is 0. The lowest BCUT2D eigenvalue weighted by Gasteiger charge is -2.32. The molecular formula is C20H31ClN2O3. The number of carbonyl (C=O) groups excluding carboxylic acids is 1. The molecule has 1 amide bonds. The Bertz CT molecular complexity index is 605. The summed E-state index contributed by atoms with van der Waals surface area (Å²) in [5.41, 5.74) is 3.13. The first-order valence-corrected chi connectivity index (χ1v) is 9.20. The summed E-state index contributed by atoms with van der Waals surface area (Å²) in [4.78, 5) is 25.9. The average molecular weight is 383 g/mol. The van der Waals surface area contributed by atoms with Gasteiger partial charge in [-0.3, -0.25) is 14.5 Å². The van der Waals surface area contributed by atoms with Crippen molar-refractivity contribution in [3.63, 3.8) is 0 Å². The molecular weight excluding hydrogens is 352 g/mol. The number of carboxylic acid groups (broad SMARTS) is 1. The molecule has 26 heavy (non-hydrogen) atoms. The molecule has 6 heteroatoms. The lowest BCUT2D eigenvalue weighted by molar-refractivity contribution is -0.145. The van der Waals surface area contributed by atoms with Crippen molar-refractivity contribution in [2.24, 2.45) is 0 Å². The van der Waals surface area contributed by atoms with Crippen molar-refractivity contribution in [2.45, 2.75) is 64.8 Å². The molecule has 0 saturated carbocycles. The predicted molar refractivity (Wildman–Crippen MR) is 107 cm³/mol. The summed E-state index contributed by atoms with van der Waals surface area (Å²) in [5, 5.41) is 12.4. The van der Waals surface area contributed by atoms with Crippen molar-refractivity contribution in [1.82, 2.24) is 4.90 Å². The maximum atomic E-state index is 12.7. The minimum atomic E-state index is -0.835. The number of likely N-dealkylation sites (tertiary alicyclic amines) is 1. The Hall–Kier alpha value is -1.59. The molecule has 1 fully saturated rings. The van der Waals surface area contributed by atoms with Crippen LogP contribution in [0.2, 0.25) is 0 Å². The highest BCUT2D eigenvalue weighted by Crippen LogP contribution is 2.32. The van der Waals surface area contributed by atoms with Gasteiger partial charge in [0, 0.05) is 5.69 Å². The largest absolute Gasteiger partial charge is 0.480 e. The van der Waals surface area contributed by atoms with Gasteiger partial charge in [-0.25, -0.2) is 0 Å². The number of anilines is 1. The van der Waals surface area contributed by atoms with E-state index in [0.717, 1.165) is 29.7 Å². The molecule has 0 radical (unpaired) electrons. The molecule has 1 atom stereocenters. The van der Waals surface area contributed by atoms with E-state index in [1.807, 2.05) is 18.2 Å². The third-order valence-corrected chi connectivity index (χ3v) is 4.88. The first-order chi connectivity index (χ1) is 11.8. The number of para-hydroxylation sites is 1. The Morgan fingerprint density at radius 3 is 2.23 bits per heavy atom. The van der Waals surface area contributed by atoms with Crippen LogP contribution in [0.3, 0.4) is 0 Å². The zero-order valence-corrected chi connectivity index (χ0v) is 16.9. The summed E-state index contributed by atoms with van der Waals surface area (Å²) in [6, 6.07) is 5.58. The second-order valence-electron chi connectivity index (χ2n) is 7.49. The van der Waals surface area contributed by atoms with Crippen LogP contribution in [0.15, 0.2) is 18.2 Å². The molecule has 0 spiro atoms. The Morgan fingerprint density at radius 2 is 1.73 bits per heavy atom. The van der Waals surface area contributed by atoms with Crippen molar-refractivity contribution in [3.05, 3.63) is 29.3 Å². The van der Waals surface area contributed by atoms with Crippen LogP contribution in [0.25, 0.3) is 0 Å². The Morgan fingerprint density at radius 1 is 1.15 bits per heavy atom. The van der Waals surface area contributed by atoms with Gasteiger partial charge in [0.05, 0.1) is 6.54 Å². The number of carboxylic acids is 1. The van der Waals surface area contributed by atoms with E-state index in [2.05, 4.69) is 33.0 Å². The summed E-state index contributed by atoms with van der Waals surface area (Å²) >= 11 is 0. The first-order valence-electron chi connectivity index (χ1n) is 9.20.